The quantitative estimate of drug-likeness (QED) is 0.713. The second-order valence-corrected chi connectivity index (χ2v) is 3.95. The van der Waals surface area contributed by atoms with Crippen molar-refractivity contribution in [1.82, 2.24) is 0 Å². The van der Waals surface area contributed by atoms with Gasteiger partial charge < -0.3 is 10.6 Å². The summed E-state index contributed by atoms with van der Waals surface area (Å²) < 4.78 is 0. The molecule has 1 aliphatic heterocycles. The highest BCUT2D eigenvalue weighted by atomic mass is 16.2. The van der Waals surface area contributed by atoms with Crippen LogP contribution < -0.4 is 10.6 Å². The summed E-state index contributed by atoms with van der Waals surface area (Å²) in [5.74, 6) is 0.234. The fourth-order valence-electron chi connectivity index (χ4n) is 1.91. The summed E-state index contributed by atoms with van der Waals surface area (Å²) in [7, 11) is 0. The lowest BCUT2D eigenvalue weighted by Crippen LogP contribution is -2.29. The zero-order valence-electron chi connectivity index (χ0n) is 8.78. The molecule has 1 aromatic carbocycles. The number of carbonyl (C=O) groups excluding carboxylic acids is 1. The van der Waals surface area contributed by atoms with Crippen LogP contribution in [0.25, 0.3) is 0 Å². The second-order valence-electron chi connectivity index (χ2n) is 3.95. The fourth-order valence-corrected chi connectivity index (χ4v) is 1.91. The number of hydrogen-bond acceptors (Lipinski definition) is 2. The average Bonchev–Trinajstić information content (AvgIpc) is 2.44. The third kappa shape index (κ3) is 2.29. The Balaban J connectivity index is 2.20. The number of anilines is 2. The summed E-state index contributed by atoms with van der Waals surface area (Å²) in [5, 5.41) is 0. The number of nitrogens with two attached hydrogens (primary N) is 1. The van der Waals surface area contributed by atoms with Crippen molar-refractivity contribution in [3.63, 3.8) is 0 Å². The number of nitrogens with zero attached hydrogens (tertiary/aromatic N) is 1. The normalized spacial score (nSPS) is 17.6. The number of amides is 1. The van der Waals surface area contributed by atoms with Gasteiger partial charge in [0.2, 0.25) is 5.91 Å². The monoisotopic (exact) mass is 204 g/mol. The maximum absolute atomic E-state index is 11.8. The van der Waals surface area contributed by atoms with Gasteiger partial charge in [0.05, 0.1) is 0 Å². The van der Waals surface area contributed by atoms with Crippen molar-refractivity contribution >= 4 is 17.3 Å². The van der Waals surface area contributed by atoms with Crippen molar-refractivity contribution in [2.24, 2.45) is 0 Å². The Bertz CT molecular complexity index is 345. The molecule has 2 rings (SSSR count). The zero-order valence-corrected chi connectivity index (χ0v) is 8.78. The standard InChI is InChI=1S/C12H16N2O/c13-10-5-7-11(8-6-10)14-9-3-1-2-4-12(14)15/h5-8H,1-4,9,13H2. The molecule has 3 nitrogen and oxygen atoms in total. The third-order valence-electron chi connectivity index (χ3n) is 2.78. The van der Waals surface area contributed by atoms with Gasteiger partial charge in [-0.05, 0) is 37.1 Å². The lowest BCUT2D eigenvalue weighted by Gasteiger charge is -2.20. The smallest absolute Gasteiger partial charge is 0.226 e. The van der Waals surface area contributed by atoms with Gasteiger partial charge in [-0.3, -0.25) is 4.79 Å². The van der Waals surface area contributed by atoms with Gasteiger partial charge in [-0.1, -0.05) is 6.42 Å². The van der Waals surface area contributed by atoms with E-state index in [-0.39, 0.29) is 5.91 Å². The first-order chi connectivity index (χ1) is 7.27. The first-order valence-corrected chi connectivity index (χ1v) is 5.43. The van der Waals surface area contributed by atoms with Gasteiger partial charge in [0.1, 0.15) is 0 Å². The average molecular weight is 204 g/mol. The molecule has 1 amide bonds. The highest BCUT2D eigenvalue weighted by Gasteiger charge is 2.17. The maximum Gasteiger partial charge on any atom is 0.226 e. The van der Waals surface area contributed by atoms with E-state index in [1.165, 1.54) is 0 Å². The van der Waals surface area contributed by atoms with Crippen molar-refractivity contribution in [2.45, 2.75) is 25.7 Å². The summed E-state index contributed by atoms with van der Waals surface area (Å²) in [4.78, 5) is 13.7. The molecule has 0 radical (unpaired) electrons. The topological polar surface area (TPSA) is 46.3 Å². The molecule has 1 saturated heterocycles. The molecule has 0 unspecified atom stereocenters. The Kier molecular flexibility index (Phi) is 2.90. The van der Waals surface area contributed by atoms with E-state index in [9.17, 15) is 4.79 Å². The molecule has 0 atom stereocenters. The lowest BCUT2D eigenvalue weighted by molar-refractivity contribution is -0.118. The first kappa shape index (κ1) is 10.0. The molecule has 0 aliphatic carbocycles. The molecule has 0 spiro atoms. The molecular formula is C12H16N2O. The molecule has 1 aliphatic rings. The molecule has 1 heterocycles. The fraction of sp³-hybridized carbons (Fsp3) is 0.417. The van der Waals surface area contributed by atoms with E-state index in [0.717, 1.165) is 37.2 Å². The maximum atomic E-state index is 11.8. The Morgan fingerprint density at radius 1 is 1.07 bits per heavy atom. The van der Waals surface area contributed by atoms with E-state index in [1.807, 2.05) is 29.2 Å². The Hall–Kier alpha value is -1.51. The van der Waals surface area contributed by atoms with Gasteiger partial charge in [-0.2, -0.15) is 0 Å². The summed E-state index contributed by atoms with van der Waals surface area (Å²) in [5.41, 5.74) is 7.32. The van der Waals surface area contributed by atoms with Gasteiger partial charge in [0.25, 0.3) is 0 Å². The van der Waals surface area contributed by atoms with Crippen molar-refractivity contribution in [3.05, 3.63) is 24.3 Å². The van der Waals surface area contributed by atoms with E-state index in [1.54, 1.807) is 0 Å². The van der Waals surface area contributed by atoms with Crippen molar-refractivity contribution < 1.29 is 4.79 Å². The molecule has 15 heavy (non-hydrogen) atoms. The minimum absolute atomic E-state index is 0.234. The molecule has 3 heteroatoms. The predicted molar refractivity (Wildman–Crippen MR) is 61.7 cm³/mol. The van der Waals surface area contributed by atoms with E-state index in [2.05, 4.69) is 0 Å². The number of benzene rings is 1. The van der Waals surface area contributed by atoms with Crippen LogP contribution in [0.15, 0.2) is 24.3 Å². The van der Waals surface area contributed by atoms with Crippen molar-refractivity contribution in [1.29, 1.82) is 0 Å². The van der Waals surface area contributed by atoms with Crippen LogP contribution in [0.5, 0.6) is 0 Å². The number of nitrogen functional groups attached to an aromatic ring is 1. The van der Waals surface area contributed by atoms with Crippen LogP contribution in [-0.4, -0.2) is 12.5 Å². The minimum Gasteiger partial charge on any atom is -0.399 e. The van der Waals surface area contributed by atoms with Crippen LogP contribution >= 0.6 is 0 Å². The van der Waals surface area contributed by atoms with E-state index >= 15 is 0 Å². The van der Waals surface area contributed by atoms with Crippen LogP contribution in [-0.2, 0) is 4.79 Å². The van der Waals surface area contributed by atoms with Crippen LogP contribution in [0, 0.1) is 0 Å². The second kappa shape index (κ2) is 4.34. The largest absolute Gasteiger partial charge is 0.399 e. The molecule has 0 saturated carbocycles. The van der Waals surface area contributed by atoms with Gasteiger partial charge in [0.15, 0.2) is 0 Å². The lowest BCUT2D eigenvalue weighted by atomic mass is 10.2. The molecule has 2 N–H and O–H groups in total. The Morgan fingerprint density at radius 2 is 1.80 bits per heavy atom. The summed E-state index contributed by atoms with van der Waals surface area (Å²) >= 11 is 0. The van der Waals surface area contributed by atoms with Gasteiger partial charge >= 0.3 is 0 Å². The molecule has 1 fully saturated rings. The predicted octanol–water partition coefficient (Wildman–Crippen LogP) is 2.18. The van der Waals surface area contributed by atoms with E-state index in [0.29, 0.717) is 6.42 Å². The first-order valence-electron chi connectivity index (χ1n) is 5.43. The summed E-state index contributed by atoms with van der Waals surface area (Å²) in [6.07, 6.45) is 3.93. The SMILES string of the molecule is Nc1ccc(N2CCCCCC2=O)cc1. The minimum atomic E-state index is 0.234. The molecular weight excluding hydrogens is 188 g/mol. The van der Waals surface area contributed by atoms with Gasteiger partial charge in [-0.15, -0.1) is 0 Å². The Labute approximate surface area is 89.9 Å². The zero-order chi connectivity index (χ0) is 10.7. The molecule has 0 aromatic heterocycles. The summed E-state index contributed by atoms with van der Waals surface area (Å²) in [6, 6.07) is 7.51. The molecule has 0 bridgehead atoms. The number of rotatable bonds is 1. The van der Waals surface area contributed by atoms with Gasteiger partial charge in [0, 0.05) is 24.3 Å². The summed E-state index contributed by atoms with van der Waals surface area (Å²) in [6.45, 7) is 0.836. The number of hydrogen-bond donors (Lipinski definition) is 1. The van der Waals surface area contributed by atoms with Crippen molar-refractivity contribution in [2.75, 3.05) is 17.2 Å². The van der Waals surface area contributed by atoms with Crippen LogP contribution in [0.1, 0.15) is 25.7 Å². The highest BCUT2D eigenvalue weighted by molar-refractivity contribution is 5.93. The van der Waals surface area contributed by atoms with Crippen LogP contribution in [0.2, 0.25) is 0 Å². The van der Waals surface area contributed by atoms with Crippen LogP contribution in [0.3, 0.4) is 0 Å². The Morgan fingerprint density at radius 3 is 2.53 bits per heavy atom. The third-order valence-corrected chi connectivity index (χ3v) is 2.78. The van der Waals surface area contributed by atoms with E-state index < -0.39 is 0 Å². The number of carbonyl (C=O) groups is 1. The highest BCUT2D eigenvalue weighted by Crippen LogP contribution is 2.21. The van der Waals surface area contributed by atoms with Crippen molar-refractivity contribution in [3.8, 4) is 0 Å². The van der Waals surface area contributed by atoms with E-state index in [4.69, 9.17) is 5.73 Å². The van der Waals surface area contributed by atoms with Crippen LogP contribution in [0.4, 0.5) is 11.4 Å². The molecule has 1 aromatic rings. The molecule has 80 valence electrons. The van der Waals surface area contributed by atoms with Gasteiger partial charge in [-0.25, -0.2) is 0 Å².